The minimum absolute atomic E-state index is 0.0412. The van der Waals surface area contributed by atoms with Gasteiger partial charge in [0, 0.05) is 6.42 Å². The lowest BCUT2D eigenvalue weighted by Gasteiger charge is -2.17. The van der Waals surface area contributed by atoms with Crippen molar-refractivity contribution in [3.05, 3.63) is 100 Å². The normalized spacial score (nSPS) is 14.0. The fraction of sp³-hybridized carbons (Fsp3) is 0.300. The Hall–Kier alpha value is -3.28. The predicted molar refractivity (Wildman–Crippen MR) is 139 cm³/mol. The van der Waals surface area contributed by atoms with Crippen molar-refractivity contribution in [2.24, 2.45) is 0 Å². The van der Waals surface area contributed by atoms with Crippen molar-refractivity contribution in [3.8, 4) is 11.1 Å². The molecule has 3 atom stereocenters. The first-order valence-electron chi connectivity index (χ1n) is 11.9. The molecule has 3 aromatic carbocycles. The smallest absolute Gasteiger partial charge is 0.223 e. The average Bonchev–Trinajstić information content (AvgIpc) is 2.80. The first-order chi connectivity index (χ1) is 16.6. The molecule has 0 saturated carbocycles. The summed E-state index contributed by atoms with van der Waals surface area (Å²) in [4.78, 5) is 12.3. The fourth-order valence-electron chi connectivity index (χ4n) is 4.24. The van der Waals surface area contributed by atoms with Gasteiger partial charge in [-0.3, -0.25) is 4.79 Å². The second-order valence-electron chi connectivity index (χ2n) is 9.23. The Morgan fingerprint density at radius 2 is 1.71 bits per heavy atom. The molecule has 0 heterocycles. The number of aliphatic hydroxyl groups is 2. The van der Waals surface area contributed by atoms with Gasteiger partial charge >= 0.3 is 0 Å². The molecule has 0 aromatic heterocycles. The summed E-state index contributed by atoms with van der Waals surface area (Å²) in [6.07, 6.45) is 1.51. The molecule has 3 rings (SSSR count). The maximum atomic E-state index is 13.8. The highest BCUT2D eigenvalue weighted by Crippen LogP contribution is 2.30. The van der Waals surface area contributed by atoms with E-state index in [4.69, 9.17) is 0 Å². The number of hydrogen-bond donors (Lipinski definition) is 3. The largest absolute Gasteiger partial charge is 0.392 e. The molecule has 0 spiro atoms. The number of aryl methyl sites for hydroxylation is 3. The Morgan fingerprint density at radius 1 is 1.00 bits per heavy atom. The number of aliphatic hydroxyl groups excluding tert-OH is 2. The molecule has 3 N–H and O–H groups in total. The number of halogens is 1. The average molecular weight is 476 g/mol. The van der Waals surface area contributed by atoms with E-state index in [-0.39, 0.29) is 30.6 Å². The summed E-state index contributed by atoms with van der Waals surface area (Å²) >= 11 is 0. The molecule has 184 valence electrons. The molecule has 0 radical (unpaired) electrons. The molecule has 35 heavy (non-hydrogen) atoms. The number of carbonyl (C=O) groups excluding carboxylic acids is 1. The zero-order chi connectivity index (χ0) is 25.5. The Balaban J connectivity index is 1.65. The second-order valence-corrected chi connectivity index (χ2v) is 9.23. The quantitative estimate of drug-likeness (QED) is 0.366. The zero-order valence-corrected chi connectivity index (χ0v) is 20.8. The molecule has 4 nitrogen and oxygen atoms in total. The molecule has 0 saturated heterocycles. The zero-order valence-electron chi connectivity index (χ0n) is 20.8. The molecule has 0 fully saturated rings. The third kappa shape index (κ3) is 7.35. The lowest BCUT2D eigenvalue weighted by atomic mass is 9.92. The van der Waals surface area contributed by atoms with Crippen LogP contribution in [0.1, 0.15) is 53.6 Å². The number of amides is 1. The third-order valence-electron chi connectivity index (χ3n) is 6.10. The van der Waals surface area contributed by atoms with Gasteiger partial charge < -0.3 is 15.5 Å². The molecule has 0 aliphatic carbocycles. The van der Waals surface area contributed by atoms with Crippen LogP contribution >= 0.6 is 0 Å². The summed E-state index contributed by atoms with van der Waals surface area (Å²) in [6, 6.07) is 18.6. The van der Waals surface area contributed by atoms with Gasteiger partial charge in [0.2, 0.25) is 5.91 Å². The molecule has 1 amide bonds. The van der Waals surface area contributed by atoms with E-state index in [0.717, 1.165) is 33.4 Å². The van der Waals surface area contributed by atoms with Crippen LogP contribution in [0.3, 0.4) is 0 Å². The molecule has 0 aliphatic heterocycles. The van der Waals surface area contributed by atoms with Crippen molar-refractivity contribution in [1.29, 1.82) is 0 Å². The van der Waals surface area contributed by atoms with Crippen molar-refractivity contribution >= 4 is 12.0 Å². The Morgan fingerprint density at radius 3 is 2.40 bits per heavy atom. The van der Waals surface area contributed by atoms with Crippen molar-refractivity contribution in [2.45, 2.75) is 58.8 Å². The monoisotopic (exact) mass is 475 g/mol. The standard InChI is InChI=1S/C30H34FNO3/c1-19-14-20(2)27(28(15-19)24-10-13-29(31)21(3)16-24)12-11-25(33)17-26(34)18-30(35)32-22(4)23-8-6-5-7-9-23/h5-16,22,25-26,33-34H,17-18H2,1-4H3,(H,32,35)/t22-,25?,26?/m0/s1. The number of rotatable bonds is 9. The predicted octanol–water partition coefficient (Wildman–Crippen LogP) is 5.81. The molecule has 0 aliphatic rings. The van der Waals surface area contributed by atoms with Crippen LogP contribution in [0.25, 0.3) is 17.2 Å². The van der Waals surface area contributed by atoms with Crippen LogP contribution in [0.4, 0.5) is 4.39 Å². The minimum Gasteiger partial charge on any atom is -0.392 e. The van der Waals surface area contributed by atoms with Crippen LogP contribution in [-0.4, -0.2) is 28.3 Å². The minimum atomic E-state index is -0.976. The van der Waals surface area contributed by atoms with E-state index < -0.39 is 12.2 Å². The van der Waals surface area contributed by atoms with Gasteiger partial charge in [0.25, 0.3) is 0 Å². The topological polar surface area (TPSA) is 69.6 Å². The van der Waals surface area contributed by atoms with Crippen molar-refractivity contribution in [2.75, 3.05) is 0 Å². The Labute approximate surface area is 207 Å². The SMILES string of the molecule is Cc1cc(C)c(C=CC(O)CC(O)CC(=O)N[C@@H](C)c2ccccc2)c(-c2ccc(F)c(C)c2)c1. The first-order valence-corrected chi connectivity index (χ1v) is 11.9. The van der Waals surface area contributed by atoms with Crippen LogP contribution in [0, 0.1) is 26.6 Å². The number of hydrogen-bond acceptors (Lipinski definition) is 3. The lowest BCUT2D eigenvalue weighted by molar-refractivity contribution is -0.123. The summed E-state index contributed by atoms with van der Waals surface area (Å²) < 4.78 is 13.8. The van der Waals surface area contributed by atoms with Gasteiger partial charge in [0.05, 0.1) is 24.7 Å². The van der Waals surface area contributed by atoms with E-state index in [1.54, 1.807) is 19.1 Å². The molecule has 0 bridgehead atoms. The van der Waals surface area contributed by atoms with Gasteiger partial charge in [-0.15, -0.1) is 0 Å². The third-order valence-corrected chi connectivity index (χ3v) is 6.10. The number of nitrogens with one attached hydrogen (secondary N) is 1. The van der Waals surface area contributed by atoms with E-state index in [9.17, 15) is 19.4 Å². The Bertz CT molecular complexity index is 1190. The van der Waals surface area contributed by atoms with Crippen LogP contribution in [0.2, 0.25) is 0 Å². The lowest BCUT2D eigenvalue weighted by Crippen LogP contribution is -2.31. The van der Waals surface area contributed by atoms with Crippen LogP contribution in [-0.2, 0) is 4.79 Å². The highest BCUT2D eigenvalue weighted by Gasteiger charge is 2.17. The van der Waals surface area contributed by atoms with Gasteiger partial charge in [-0.1, -0.05) is 66.2 Å². The highest BCUT2D eigenvalue weighted by molar-refractivity contribution is 5.78. The highest BCUT2D eigenvalue weighted by atomic mass is 19.1. The molecular formula is C30H34FNO3. The molecule has 3 aromatic rings. The van der Waals surface area contributed by atoms with Crippen LogP contribution in [0.5, 0.6) is 0 Å². The van der Waals surface area contributed by atoms with E-state index in [2.05, 4.69) is 11.4 Å². The van der Waals surface area contributed by atoms with Gasteiger partial charge in [-0.2, -0.15) is 0 Å². The van der Waals surface area contributed by atoms with Gasteiger partial charge in [0.15, 0.2) is 0 Å². The van der Waals surface area contributed by atoms with Crippen LogP contribution < -0.4 is 5.32 Å². The van der Waals surface area contributed by atoms with Crippen molar-refractivity contribution in [1.82, 2.24) is 5.32 Å². The second kappa shape index (κ2) is 11.9. The summed E-state index contributed by atoms with van der Waals surface area (Å²) in [5, 5.41) is 23.8. The molecule has 5 heteroatoms. The fourth-order valence-corrected chi connectivity index (χ4v) is 4.24. The Kier molecular flexibility index (Phi) is 8.96. The summed E-state index contributed by atoms with van der Waals surface area (Å²) in [7, 11) is 0. The first kappa shape index (κ1) is 26.3. The van der Waals surface area contributed by atoms with Crippen LogP contribution in [0.15, 0.2) is 66.7 Å². The maximum Gasteiger partial charge on any atom is 0.223 e. The number of benzene rings is 3. The summed E-state index contributed by atoms with van der Waals surface area (Å²) in [5.41, 5.74) is 6.43. The molecular weight excluding hydrogens is 441 g/mol. The van der Waals surface area contributed by atoms with Crippen molar-refractivity contribution < 1.29 is 19.4 Å². The van der Waals surface area contributed by atoms with Gasteiger partial charge in [0.1, 0.15) is 5.82 Å². The maximum absolute atomic E-state index is 13.8. The summed E-state index contributed by atoms with van der Waals surface area (Å²) in [5.74, 6) is -0.518. The van der Waals surface area contributed by atoms with E-state index in [1.165, 1.54) is 6.07 Å². The number of carbonyl (C=O) groups is 1. The van der Waals surface area contributed by atoms with Gasteiger partial charge in [-0.05, 0) is 73.2 Å². The van der Waals surface area contributed by atoms with E-state index in [1.807, 2.05) is 69.3 Å². The van der Waals surface area contributed by atoms with Gasteiger partial charge in [-0.25, -0.2) is 4.39 Å². The van der Waals surface area contributed by atoms with E-state index in [0.29, 0.717) is 5.56 Å². The van der Waals surface area contributed by atoms with Crippen molar-refractivity contribution in [3.63, 3.8) is 0 Å². The molecule has 2 unspecified atom stereocenters. The van der Waals surface area contributed by atoms with E-state index >= 15 is 0 Å². The summed E-state index contributed by atoms with van der Waals surface area (Å²) in [6.45, 7) is 7.63.